The Morgan fingerprint density at radius 3 is 2.50 bits per heavy atom. The Morgan fingerprint density at radius 1 is 1.14 bits per heavy atom. The molecule has 0 atom stereocenters. The summed E-state index contributed by atoms with van der Waals surface area (Å²) in [7, 11) is 0. The predicted octanol–water partition coefficient (Wildman–Crippen LogP) is 2.17. The number of phenols is 1. The summed E-state index contributed by atoms with van der Waals surface area (Å²) < 4.78 is 11.1. The van der Waals surface area contributed by atoms with Crippen LogP contribution in [0.4, 0.5) is 0 Å². The van der Waals surface area contributed by atoms with E-state index in [0.29, 0.717) is 19.0 Å². The number of benzene rings is 1. The van der Waals surface area contributed by atoms with E-state index >= 15 is 0 Å². The molecule has 0 radical (unpaired) electrons. The molecule has 2 rings (SSSR count). The molecule has 1 aliphatic heterocycles. The minimum Gasteiger partial charge on any atom is -0.508 e. The average Bonchev–Trinajstić information content (AvgIpc) is 2.39. The predicted molar refractivity (Wildman–Crippen MR) is 53.2 cm³/mol. The van der Waals surface area contributed by atoms with Crippen molar-refractivity contribution in [2.75, 3.05) is 13.2 Å². The number of rotatable bonds is 0. The molecule has 1 aromatic rings. The maximum atomic E-state index is 9.61. The third-order valence-electron chi connectivity index (χ3n) is 2.42. The van der Waals surface area contributed by atoms with Crippen LogP contribution >= 0.6 is 0 Å². The first-order valence-corrected chi connectivity index (χ1v) is 4.79. The second-order valence-corrected chi connectivity index (χ2v) is 3.55. The van der Waals surface area contributed by atoms with Gasteiger partial charge in [-0.15, -0.1) is 0 Å². The van der Waals surface area contributed by atoms with E-state index in [4.69, 9.17) is 9.47 Å². The largest absolute Gasteiger partial charge is 0.508 e. The molecule has 1 aromatic carbocycles. The average molecular weight is 194 g/mol. The van der Waals surface area contributed by atoms with Gasteiger partial charge >= 0.3 is 0 Å². The zero-order valence-corrected chi connectivity index (χ0v) is 8.46. The summed E-state index contributed by atoms with van der Waals surface area (Å²) >= 11 is 0. The smallest absolute Gasteiger partial charge is 0.168 e. The van der Waals surface area contributed by atoms with Gasteiger partial charge in [0.25, 0.3) is 0 Å². The van der Waals surface area contributed by atoms with Crippen molar-refractivity contribution in [3.63, 3.8) is 0 Å². The zero-order valence-electron chi connectivity index (χ0n) is 8.46. The molecule has 76 valence electrons. The zero-order chi connectivity index (χ0) is 10.1. The Labute approximate surface area is 83.3 Å². The monoisotopic (exact) mass is 194 g/mol. The highest BCUT2D eigenvalue weighted by Crippen LogP contribution is 2.40. The highest BCUT2D eigenvalue weighted by molar-refractivity contribution is 5.57. The number of hydrogen-bond acceptors (Lipinski definition) is 3. The number of hydrogen-bond donors (Lipinski definition) is 1. The van der Waals surface area contributed by atoms with Gasteiger partial charge in [0.15, 0.2) is 11.5 Å². The van der Waals surface area contributed by atoms with Crippen molar-refractivity contribution in [3.8, 4) is 17.2 Å². The highest BCUT2D eigenvalue weighted by Gasteiger charge is 2.17. The summed E-state index contributed by atoms with van der Waals surface area (Å²) in [5.74, 6) is 1.74. The lowest BCUT2D eigenvalue weighted by Gasteiger charge is -2.13. The van der Waals surface area contributed by atoms with E-state index in [2.05, 4.69) is 0 Å². The van der Waals surface area contributed by atoms with Gasteiger partial charge in [-0.05, 0) is 25.5 Å². The number of aromatic hydroxyl groups is 1. The first-order chi connectivity index (χ1) is 6.70. The summed E-state index contributed by atoms with van der Waals surface area (Å²) in [6.45, 7) is 5.07. The van der Waals surface area contributed by atoms with Crippen LogP contribution in [0, 0.1) is 13.8 Å². The Morgan fingerprint density at radius 2 is 1.79 bits per heavy atom. The van der Waals surface area contributed by atoms with E-state index in [1.165, 1.54) is 0 Å². The number of ether oxygens (including phenoxy) is 2. The van der Waals surface area contributed by atoms with Crippen LogP contribution in [0.25, 0.3) is 0 Å². The molecule has 1 heterocycles. The Balaban J connectivity index is 2.57. The van der Waals surface area contributed by atoms with Crippen molar-refractivity contribution in [1.29, 1.82) is 0 Å². The highest BCUT2D eigenvalue weighted by atomic mass is 16.5. The first kappa shape index (κ1) is 9.19. The van der Waals surface area contributed by atoms with E-state index in [0.717, 1.165) is 23.3 Å². The van der Waals surface area contributed by atoms with Gasteiger partial charge < -0.3 is 14.6 Å². The van der Waals surface area contributed by atoms with E-state index in [-0.39, 0.29) is 5.75 Å². The molecular weight excluding hydrogens is 180 g/mol. The lowest BCUT2D eigenvalue weighted by Crippen LogP contribution is -1.98. The Bertz CT molecular complexity index is 358. The normalized spacial score (nSPS) is 15.0. The molecule has 0 fully saturated rings. The summed E-state index contributed by atoms with van der Waals surface area (Å²) in [6, 6.07) is 1.71. The Hall–Kier alpha value is -1.38. The molecule has 3 nitrogen and oxygen atoms in total. The molecule has 0 aromatic heterocycles. The summed E-state index contributed by atoms with van der Waals surface area (Å²) in [5.41, 5.74) is 1.68. The van der Waals surface area contributed by atoms with Crippen LogP contribution in [0.3, 0.4) is 0 Å². The molecule has 0 spiro atoms. The summed E-state index contributed by atoms with van der Waals surface area (Å²) in [6.07, 6.45) is 0.883. The van der Waals surface area contributed by atoms with Gasteiger partial charge in [0.1, 0.15) is 5.75 Å². The molecular formula is C11H14O3. The molecule has 0 bridgehead atoms. The fraction of sp³-hybridized carbons (Fsp3) is 0.455. The number of phenolic OH excluding ortho intramolecular Hbond substituents is 1. The van der Waals surface area contributed by atoms with Gasteiger partial charge in [-0.1, -0.05) is 0 Å². The van der Waals surface area contributed by atoms with Gasteiger partial charge in [-0.2, -0.15) is 0 Å². The lowest BCUT2D eigenvalue weighted by atomic mass is 10.1. The molecule has 0 saturated heterocycles. The molecule has 3 heteroatoms. The molecule has 0 unspecified atom stereocenters. The fourth-order valence-corrected chi connectivity index (χ4v) is 1.61. The van der Waals surface area contributed by atoms with Crippen LogP contribution in [0.2, 0.25) is 0 Å². The standard InChI is InChI=1S/C11H14O3/c1-7-6-9(12)8(2)11-10(7)13-4-3-5-14-11/h6,12H,3-5H2,1-2H3. The van der Waals surface area contributed by atoms with Crippen molar-refractivity contribution < 1.29 is 14.6 Å². The molecule has 0 saturated carbocycles. The van der Waals surface area contributed by atoms with E-state index in [1.54, 1.807) is 6.07 Å². The van der Waals surface area contributed by atoms with Crippen molar-refractivity contribution in [2.24, 2.45) is 0 Å². The van der Waals surface area contributed by atoms with Crippen LogP contribution in [-0.2, 0) is 0 Å². The SMILES string of the molecule is Cc1cc(O)c(C)c2c1OCCCO2. The quantitative estimate of drug-likeness (QED) is 0.688. The van der Waals surface area contributed by atoms with Crippen molar-refractivity contribution in [2.45, 2.75) is 20.3 Å². The van der Waals surface area contributed by atoms with Crippen LogP contribution in [0.1, 0.15) is 17.5 Å². The first-order valence-electron chi connectivity index (χ1n) is 4.79. The third kappa shape index (κ3) is 1.39. The van der Waals surface area contributed by atoms with E-state index in [1.807, 2.05) is 13.8 Å². The van der Waals surface area contributed by atoms with Gasteiger partial charge in [0.05, 0.1) is 13.2 Å². The van der Waals surface area contributed by atoms with Crippen LogP contribution < -0.4 is 9.47 Å². The van der Waals surface area contributed by atoms with Gasteiger partial charge in [0, 0.05) is 12.0 Å². The molecule has 0 aliphatic carbocycles. The minimum absolute atomic E-state index is 0.270. The molecule has 1 N–H and O–H groups in total. The van der Waals surface area contributed by atoms with Crippen molar-refractivity contribution in [1.82, 2.24) is 0 Å². The second-order valence-electron chi connectivity index (χ2n) is 3.55. The van der Waals surface area contributed by atoms with Gasteiger partial charge in [-0.25, -0.2) is 0 Å². The minimum atomic E-state index is 0.270. The maximum absolute atomic E-state index is 9.61. The van der Waals surface area contributed by atoms with E-state index < -0.39 is 0 Å². The maximum Gasteiger partial charge on any atom is 0.168 e. The number of aryl methyl sites for hydroxylation is 1. The third-order valence-corrected chi connectivity index (χ3v) is 2.42. The van der Waals surface area contributed by atoms with E-state index in [9.17, 15) is 5.11 Å². The van der Waals surface area contributed by atoms with Gasteiger partial charge in [-0.3, -0.25) is 0 Å². The van der Waals surface area contributed by atoms with Crippen molar-refractivity contribution in [3.05, 3.63) is 17.2 Å². The summed E-state index contributed by atoms with van der Waals surface area (Å²) in [5, 5.41) is 9.61. The van der Waals surface area contributed by atoms with Crippen LogP contribution in [0.15, 0.2) is 6.07 Å². The molecule has 14 heavy (non-hydrogen) atoms. The molecule has 1 aliphatic rings. The summed E-state index contributed by atoms with van der Waals surface area (Å²) in [4.78, 5) is 0. The topological polar surface area (TPSA) is 38.7 Å². The van der Waals surface area contributed by atoms with Crippen LogP contribution in [0.5, 0.6) is 17.2 Å². The number of fused-ring (bicyclic) bond motifs is 1. The van der Waals surface area contributed by atoms with Crippen molar-refractivity contribution >= 4 is 0 Å². The Kier molecular flexibility index (Phi) is 2.23. The lowest BCUT2D eigenvalue weighted by molar-refractivity contribution is 0.295. The van der Waals surface area contributed by atoms with Crippen LogP contribution in [-0.4, -0.2) is 18.3 Å². The van der Waals surface area contributed by atoms with Gasteiger partial charge in [0.2, 0.25) is 0 Å². The fourth-order valence-electron chi connectivity index (χ4n) is 1.61. The second kappa shape index (κ2) is 3.40. The molecule has 0 amide bonds.